The summed E-state index contributed by atoms with van der Waals surface area (Å²) in [5.74, 6) is -1.02. The van der Waals surface area contributed by atoms with Crippen molar-refractivity contribution in [1.29, 1.82) is 0 Å². The third kappa shape index (κ3) is 4.76. The average Bonchev–Trinajstić information content (AvgIpc) is 3.44. The van der Waals surface area contributed by atoms with E-state index in [9.17, 15) is 22.8 Å². The molecule has 10 nitrogen and oxygen atoms in total. The molecule has 2 atom stereocenters. The molecule has 1 aliphatic rings. The lowest BCUT2D eigenvalue weighted by atomic mass is 10.1. The number of hydrogen-bond donors (Lipinski definition) is 2. The van der Waals surface area contributed by atoms with Crippen LogP contribution in [0.4, 0.5) is 24.8 Å². The Morgan fingerprint density at radius 2 is 2.00 bits per heavy atom. The van der Waals surface area contributed by atoms with Crippen molar-refractivity contribution in [2.24, 2.45) is 5.92 Å². The van der Waals surface area contributed by atoms with Gasteiger partial charge >= 0.3 is 6.18 Å². The van der Waals surface area contributed by atoms with Crippen LogP contribution in [-0.2, 0) is 27.0 Å². The van der Waals surface area contributed by atoms with Crippen LogP contribution in [-0.4, -0.2) is 62.5 Å². The summed E-state index contributed by atoms with van der Waals surface area (Å²) in [5.41, 5.74) is 5.73. The molecule has 0 bridgehead atoms. The van der Waals surface area contributed by atoms with E-state index >= 15 is 0 Å². The van der Waals surface area contributed by atoms with Crippen molar-refractivity contribution in [2.75, 3.05) is 31.2 Å². The zero-order chi connectivity index (χ0) is 27.2. The Kier molecular flexibility index (Phi) is 6.69. The molecule has 38 heavy (non-hydrogen) atoms. The number of alkyl halides is 3. The maximum Gasteiger partial charge on any atom is 0.416 e. The normalized spacial score (nSPS) is 17.9. The van der Waals surface area contributed by atoms with Crippen molar-refractivity contribution < 1.29 is 27.5 Å². The first-order valence-electron chi connectivity index (χ1n) is 11.4. The van der Waals surface area contributed by atoms with Crippen LogP contribution in [0, 0.1) is 5.92 Å². The van der Waals surface area contributed by atoms with E-state index in [1.807, 2.05) is 0 Å². The first-order chi connectivity index (χ1) is 18.1. The van der Waals surface area contributed by atoms with E-state index in [0.29, 0.717) is 15.9 Å². The predicted molar refractivity (Wildman–Crippen MR) is 136 cm³/mol. The monoisotopic (exact) mass is 591 g/mol. The molecule has 1 aromatic carbocycles. The summed E-state index contributed by atoms with van der Waals surface area (Å²) in [6.07, 6.45) is -3.93. The number of carbonyl (C=O) groups excluding carboxylic acids is 2. The molecule has 0 radical (unpaired) electrons. The minimum Gasteiger partial charge on any atom is -0.383 e. The average molecular weight is 592 g/mol. The van der Waals surface area contributed by atoms with Crippen molar-refractivity contribution in [1.82, 2.24) is 24.4 Å². The van der Waals surface area contributed by atoms with Crippen LogP contribution in [0.5, 0.6) is 0 Å². The molecule has 4 heterocycles. The molecular weight excluding hydrogens is 571 g/mol. The van der Waals surface area contributed by atoms with Crippen LogP contribution in [0.1, 0.15) is 5.56 Å². The van der Waals surface area contributed by atoms with Gasteiger partial charge in [0.15, 0.2) is 0 Å². The zero-order valence-electron chi connectivity index (χ0n) is 19.9. The van der Waals surface area contributed by atoms with E-state index in [4.69, 9.17) is 10.5 Å². The number of hydrogen-bond acceptors (Lipinski definition) is 7. The molecule has 1 fully saturated rings. The number of aromatic nitrogens is 4. The highest BCUT2D eigenvalue weighted by molar-refractivity contribution is 9.10. The summed E-state index contributed by atoms with van der Waals surface area (Å²) in [4.78, 5) is 40.2. The number of benzene rings is 1. The number of rotatable bonds is 5. The second kappa shape index (κ2) is 9.83. The molecule has 1 aliphatic heterocycles. The summed E-state index contributed by atoms with van der Waals surface area (Å²) >= 11 is 3.26. The van der Waals surface area contributed by atoms with E-state index in [1.54, 1.807) is 18.2 Å². The van der Waals surface area contributed by atoms with Gasteiger partial charge in [0.1, 0.15) is 34.8 Å². The predicted octanol–water partition coefficient (Wildman–Crippen LogP) is 3.46. The number of nitrogen functional groups attached to an aromatic ring is 1. The van der Waals surface area contributed by atoms with Crippen LogP contribution >= 0.6 is 15.9 Å². The van der Waals surface area contributed by atoms with Gasteiger partial charge in [0.25, 0.3) is 0 Å². The van der Waals surface area contributed by atoms with Crippen LogP contribution in [0.2, 0.25) is 0 Å². The summed E-state index contributed by atoms with van der Waals surface area (Å²) in [7, 11) is 1.46. The van der Waals surface area contributed by atoms with Gasteiger partial charge in [-0.2, -0.15) is 13.2 Å². The number of likely N-dealkylation sites (tertiary alicyclic amines) is 1. The number of methoxy groups -OCH3 is 1. The van der Waals surface area contributed by atoms with Crippen molar-refractivity contribution >= 4 is 61.3 Å². The second-order valence-corrected chi connectivity index (χ2v) is 9.60. The maximum atomic E-state index is 13.4. The number of ether oxygens (including phenoxy) is 1. The van der Waals surface area contributed by atoms with Gasteiger partial charge < -0.3 is 25.3 Å². The molecule has 3 aromatic heterocycles. The number of fused-ring (bicyclic) bond motifs is 3. The number of nitrogens with zero attached hydrogens (tertiary/aromatic N) is 5. The van der Waals surface area contributed by atoms with Crippen LogP contribution in [0.3, 0.4) is 0 Å². The lowest BCUT2D eigenvalue weighted by Gasteiger charge is -2.17. The molecule has 1 saturated heterocycles. The van der Waals surface area contributed by atoms with Crippen molar-refractivity contribution in [2.45, 2.75) is 18.8 Å². The SMILES string of the molecule is COC1CN(C(=O)Cn2c3ccc(C(F)(F)F)cc3c3c(N)ncnc32)CC1C(=O)Nc1cccc(Br)n1. The quantitative estimate of drug-likeness (QED) is 0.340. The van der Waals surface area contributed by atoms with Gasteiger partial charge in [-0.05, 0) is 46.3 Å². The third-order valence-electron chi connectivity index (χ3n) is 6.51. The largest absolute Gasteiger partial charge is 0.416 e. The Bertz CT molecular complexity index is 1560. The summed E-state index contributed by atoms with van der Waals surface area (Å²) < 4.78 is 47.7. The van der Waals surface area contributed by atoms with Crippen molar-refractivity contribution in [3.05, 3.63) is 52.9 Å². The Labute approximate surface area is 222 Å². The fourth-order valence-electron chi connectivity index (χ4n) is 4.67. The van der Waals surface area contributed by atoms with Gasteiger partial charge in [0.05, 0.1) is 28.5 Å². The van der Waals surface area contributed by atoms with Gasteiger partial charge in [-0.15, -0.1) is 0 Å². The summed E-state index contributed by atoms with van der Waals surface area (Å²) in [6, 6.07) is 8.30. The standard InChI is InChI=1S/C24H21BrF3N7O3/c1-38-16-9-34(8-14(16)23(37)33-18-4-2-3-17(25)32-18)19(36)10-35-15-6-5-12(24(26,27)28)7-13(15)20-21(29)30-11-31-22(20)35/h2-7,11,14,16H,8-10H2,1H3,(H2,29,30,31)(H,32,33,37). The number of halogens is 4. The molecule has 5 rings (SSSR count). The van der Waals surface area contributed by atoms with E-state index in [1.165, 1.54) is 29.0 Å². The van der Waals surface area contributed by atoms with E-state index < -0.39 is 23.8 Å². The second-order valence-electron chi connectivity index (χ2n) is 8.79. The molecule has 0 saturated carbocycles. The lowest BCUT2D eigenvalue weighted by molar-refractivity contribution is -0.137. The minimum atomic E-state index is -4.56. The van der Waals surface area contributed by atoms with E-state index in [2.05, 4.69) is 36.2 Å². The maximum absolute atomic E-state index is 13.4. The molecular formula is C24H21BrF3N7O3. The number of amides is 2. The highest BCUT2D eigenvalue weighted by atomic mass is 79.9. The van der Waals surface area contributed by atoms with Gasteiger partial charge in [0, 0.05) is 25.6 Å². The third-order valence-corrected chi connectivity index (χ3v) is 6.96. The van der Waals surface area contributed by atoms with Gasteiger partial charge in [-0.25, -0.2) is 15.0 Å². The molecule has 198 valence electrons. The number of pyridine rings is 1. The van der Waals surface area contributed by atoms with Gasteiger partial charge in [-0.3, -0.25) is 9.59 Å². The molecule has 0 aliphatic carbocycles. The summed E-state index contributed by atoms with van der Waals surface area (Å²) in [6.45, 7) is 0.00917. The highest BCUT2D eigenvalue weighted by Gasteiger charge is 2.40. The van der Waals surface area contributed by atoms with Crippen LogP contribution in [0.25, 0.3) is 21.9 Å². The molecule has 2 unspecified atom stereocenters. The van der Waals surface area contributed by atoms with Crippen LogP contribution in [0.15, 0.2) is 47.3 Å². The fraction of sp³-hybridized carbons (Fsp3) is 0.292. The number of anilines is 2. The number of carbonyl (C=O) groups is 2. The molecule has 14 heteroatoms. The fourth-order valence-corrected chi connectivity index (χ4v) is 5.02. The number of nitrogens with one attached hydrogen (secondary N) is 1. The minimum absolute atomic E-state index is 0.00374. The van der Waals surface area contributed by atoms with E-state index in [0.717, 1.165) is 12.1 Å². The Morgan fingerprint density at radius 1 is 1.21 bits per heavy atom. The molecule has 0 spiro atoms. The number of nitrogens with two attached hydrogens (primary N) is 1. The first-order valence-corrected chi connectivity index (χ1v) is 12.2. The first kappa shape index (κ1) is 25.9. The molecule has 4 aromatic rings. The lowest BCUT2D eigenvalue weighted by Crippen LogP contribution is -2.34. The smallest absolute Gasteiger partial charge is 0.383 e. The Balaban J connectivity index is 1.42. The van der Waals surface area contributed by atoms with Crippen molar-refractivity contribution in [3.63, 3.8) is 0 Å². The zero-order valence-corrected chi connectivity index (χ0v) is 21.5. The molecule has 3 N–H and O–H groups in total. The molecule has 2 amide bonds. The summed E-state index contributed by atoms with van der Waals surface area (Å²) in [5, 5.41) is 3.16. The Hall–Kier alpha value is -3.78. The van der Waals surface area contributed by atoms with Gasteiger partial charge in [-0.1, -0.05) is 6.07 Å². The van der Waals surface area contributed by atoms with E-state index in [-0.39, 0.29) is 53.7 Å². The highest BCUT2D eigenvalue weighted by Crippen LogP contribution is 2.36. The van der Waals surface area contributed by atoms with Crippen LogP contribution < -0.4 is 11.1 Å². The Morgan fingerprint density at radius 3 is 2.71 bits per heavy atom. The topological polar surface area (TPSA) is 128 Å². The van der Waals surface area contributed by atoms with Gasteiger partial charge in [0.2, 0.25) is 11.8 Å². The van der Waals surface area contributed by atoms with Crippen molar-refractivity contribution in [3.8, 4) is 0 Å².